The standard InChI is InChI=1S/C20H36/c1-14(2)20-12-11-19(5)10-6-7-15(3)18(19)13-17(20)9-8-16(20)4/h14-18H,6-13H2,1-5H3. The zero-order valence-electron chi connectivity index (χ0n) is 14.5. The zero-order chi connectivity index (χ0) is 14.5. The Morgan fingerprint density at radius 1 is 0.950 bits per heavy atom. The molecule has 3 rings (SSSR count). The summed E-state index contributed by atoms with van der Waals surface area (Å²) in [5.74, 6) is 4.88. The van der Waals surface area contributed by atoms with Crippen LogP contribution in [-0.2, 0) is 0 Å². The molecule has 0 aromatic carbocycles. The first-order valence-corrected chi connectivity index (χ1v) is 9.40. The second-order valence-electron chi connectivity index (χ2n) is 9.31. The van der Waals surface area contributed by atoms with Crippen LogP contribution in [0.2, 0.25) is 0 Å². The summed E-state index contributed by atoms with van der Waals surface area (Å²) in [6.07, 6.45) is 12.1. The molecule has 20 heavy (non-hydrogen) atoms. The van der Waals surface area contributed by atoms with Crippen molar-refractivity contribution in [2.24, 2.45) is 40.4 Å². The lowest BCUT2D eigenvalue weighted by molar-refractivity contribution is 0.0485. The Labute approximate surface area is 127 Å². The maximum atomic E-state index is 2.65. The van der Waals surface area contributed by atoms with E-state index in [0.717, 1.165) is 29.6 Å². The van der Waals surface area contributed by atoms with Crippen molar-refractivity contribution in [3.8, 4) is 0 Å². The minimum absolute atomic E-state index is 0.670. The fourth-order valence-corrected chi connectivity index (χ4v) is 7.05. The minimum Gasteiger partial charge on any atom is -0.0622 e. The summed E-state index contributed by atoms with van der Waals surface area (Å²) in [6, 6.07) is 0. The molecule has 0 aromatic rings. The normalized spacial score (nSPS) is 52.5. The van der Waals surface area contributed by atoms with Crippen LogP contribution in [0.25, 0.3) is 0 Å². The predicted octanol–water partition coefficient (Wildman–Crippen LogP) is 6.30. The van der Waals surface area contributed by atoms with Crippen molar-refractivity contribution in [3.05, 3.63) is 0 Å². The SMILES string of the molecule is CC1CCCC2(C)CCC3(C(C)C)C(C)CCC3CC12. The van der Waals surface area contributed by atoms with E-state index in [0.29, 0.717) is 10.8 Å². The summed E-state index contributed by atoms with van der Waals surface area (Å²) >= 11 is 0. The molecule has 0 aromatic heterocycles. The van der Waals surface area contributed by atoms with E-state index in [1.807, 2.05) is 0 Å². The van der Waals surface area contributed by atoms with Gasteiger partial charge in [0, 0.05) is 0 Å². The van der Waals surface area contributed by atoms with Crippen LogP contribution in [0.5, 0.6) is 0 Å². The van der Waals surface area contributed by atoms with Crippen LogP contribution in [0.3, 0.4) is 0 Å². The molecule has 0 spiro atoms. The predicted molar refractivity (Wildman–Crippen MR) is 87.6 cm³/mol. The van der Waals surface area contributed by atoms with Crippen LogP contribution in [0.15, 0.2) is 0 Å². The summed E-state index contributed by atoms with van der Waals surface area (Å²) in [5.41, 5.74) is 1.35. The van der Waals surface area contributed by atoms with Crippen molar-refractivity contribution in [3.63, 3.8) is 0 Å². The molecule has 0 N–H and O–H groups in total. The molecule has 3 saturated carbocycles. The molecule has 0 saturated heterocycles. The van der Waals surface area contributed by atoms with Gasteiger partial charge in [-0.1, -0.05) is 47.5 Å². The Hall–Kier alpha value is 0. The minimum atomic E-state index is 0.670. The summed E-state index contributed by atoms with van der Waals surface area (Å²) in [7, 11) is 0. The summed E-state index contributed by atoms with van der Waals surface area (Å²) < 4.78 is 0. The van der Waals surface area contributed by atoms with Gasteiger partial charge < -0.3 is 0 Å². The average molecular weight is 277 g/mol. The second kappa shape index (κ2) is 5.03. The monoisotopic (exact) mass is 276 g/mol. The number of rotatable bonds is 1. The highest BCUT2D eigenvalue weighted by atomic mass is 14.6. The van der Waals surface area contributed by atoms with Gasteiger partial charge in [-0.3, -0.25) is 0 Å². The van der Waals surface area contributed by atoms with Crippen molar-refractivity contribution in [1.29, 1.82) is 0 Å². The molecule has 0 heterocycles. The maximum Gasteiger partial charge on any atom is -0.0220 e. The topological polar surface area (TPSA) is 0 Å². The summed E-state index contributed by atoms with van der Waals surface area (Å²) in [4.78, 5) is 0. The molecule has 6 atom stereocenters. The van der Waals surface area contributed by atoms with Crippen LogP contribution in [0.1, 0.15) is 86.0 Å². The third-order valence-corrected chi connectivity index (χ3v) is 8.36. The Morgan fingerprint density at radius 3 is 2.40 bits per heavy atom. The molecule has 3 fully saturated rings. The van der Waals surface area contributed by atoms with E-state index in [1.165, 1.54) is 44.9 Å². The molecule has 0 heteroatoms. The van der Waals surface area contributed by atoms with Gasteiger partial charge in [0.1, 0.15) is 0 Å². The van der Waals surface area contributed by atoms with Gasteiger partial charge in [-0.2, -0.15) is 0 Å². The van der Waals surface area contributed by atoms with Gasteiger partial charge in [0.2, 0.25) is 0 Å². The first kappa shape index (κ1) is 14.9. The number of hydrogen-bond acceptors (Lipinski definition) is 0. The van der Waals surface area contributed by atoms with Crippen molar-refractivity contribution in [1.82, 2.24) is 0 Å². The van der Waals surface area contributed by atoms with Crippen LogP contribution in [0, 0.1) is 40.4 Å². The molecule has 0 radical (unpaired) electrons. The third kappa shape index (κ3) is 2.00. The molecule has 6 unspecified atom stereocenters. The smallest absolute Gasteiger partial charge is 0.0220 e. The Kier molecular flexibility index (Phi) is 3.75. The van der Waals surface area contributed by atoms with Crippen LogP contribution in [-0.4, -0.2) is 0 Å². The van der Waals surface area contributed by atoms with E-state index in [9.17, 15) is 0 Å². The first-order valence-electron chi connectivity index (χ1n) is 9.40. The van der Waals surface area contributed by atoms with Crippen molar-refractivity contribution in [2.45, 2.75) is 86.0 Å². The lowest BCUT2D eigenvalue weighted by atomic mass is 9.60. The van der Waals surface area contributed by atoms with Crippen molar-refractivity contribution in [2.75, 3.05) is 0 Å². The van der Waals surface area contributed by atoms with Gasteiger partial charge in [0.15, 0.2) is 0 Å². The van der Waals surface area contributed by atoms with Crippen LogP contribution < -0.4 is 0 Å². The molecule has 116 valence electrons. The molecular formula is C20H36. The van der Waals surface area contributed by atoms with Crippen molar-refractivity contribution < 1.29 is 0 Å². The lowest BCUT2D eigenvalue weighted by Gasteiger charge is -2.45. The summed E-state index contributed by atoms with van der Waals surface area (Å²) in [6.45, 7) is 12.8. The van der Waals surface area contributed by atoms with Gasteiger partial charge in [-0.15, -0.1) is 0 Å². The average Bonchev–Trinajstić information content (AvgIpc) is 2.61. The Bertz CT molecular complexity index is 357. The van der Waals surface area contributed by atoms with Gasteiger partial charge in [-0.05, 0) is 78.9 Å². The van der Waals surface area contributed by atoms with Gasteiger partial charge >= 0.3 is 0 Å². The fraction of sp³-hybridized carbons (Fsp3) is 1.00. The van der Waals surface area contributed by atoms with E-state index in [-0.39, 0.29) is 0 Å². The van der Waals surface area contributed by atoms with Gasteiger partial charge in [0.25, 0.3) is 0 Å². The molecule has 3 aliphatic carbocycles. The molecule has 3 aliphatic rings. The Balaban J connectivity index is 1.94. The van der Waals surface area contributed by atoms with E-state index in [4.69, 9.17) is 0 Å². The first-order chi connectivity index (χ1) is 9.40. The van der Waals surface area contributed by atoms with Gasteiger partial charge in [-0.25, -0.2) is 0 Å². The van der Waals surface area contributed by atoms with E-state index in [1.54, 1.807) is 6.42 Å². The van der Waals surface area contributed by atoms with E-state index >= 15 is 0 Å². The number of hydrogen-bond donors (Lipinski definition) is 0. The third-order valence-electron chi connectivity index (χ3n) is 8.36. The Morgan fingerprint density at radius 2 is 1.70 bits per heavy atom. The van der Waals surface area contributed by atoms with E-state index < -0.39 is 0 Å². The lowest BCUT2D eigenvalue weighted by Crippen LogP contribution is -2.36. The van der Waals surface area contributed by atoms with Crippen molar-refractivity contribution >= 4 is 0 Å². The summed E-state index contributed by atoms with van der Waals surface area (Å²) in [5, 5.41) is 0. The highest BCUT2D eigenvalue weighted by Crippen LogP contribution is 2.64. The highest BCUT2D eigenvalue weighted by Gasteiger charge is 2.55. The molecule has 0 bridgehead atoms. The van der Waals surface area contributed by atoms with Gasteiger partial charge in [0.05, 0.1) is 0 Å². The highest BCUT2D eigenvalue weighted by molar-refractivity contribution is 5.05. The van der Waals surface area contributed by atoms with Crippen LogP contribution in [0.4, 0.5) is 0 Å². The maximum absolute atomic E-state index is 2.65. The zero-order valence-corrected chi connectivity index (χ0v) is 14.5. The van der Waals surface area contributed by atoms with Crippen LogP contribution >= 0.6 is 0 Å². The quantitative estimate of drug-likeness (QED) is 0.527. The molecule has 0 aliphatic heterocycles. The molecular weight excluding hydrogens is 240 g/mol. The second-order valence-corrected chi connectivity index (χ2v) is 9.31. The number of fused-ring (bicyclic) bond motifs is 2. The molecule has 0 amide bonds. The molecule has 0 nitrogen and oxygen atoms in total. The van der Waals surface area contributed by atoms with E-state index in [2.05, 4.69) is 34.6 Å². The fourth-order valence-electron chi connectivity index (χ4n) is 7.05. The largest absolute Gasteiger partial charge is 0.0622 e.